The van der Waals surface area contributed by atoms with E-state index in [1.54, 1.807) is 0 Å². The number of nitrogens with zero attached hydrogens (tertiary/aromatic N) is 5. The summed E-state index contributed by atoms with van der Waals surface area (Å²) in [6.45, 7) is 0. The second-order valence-corrected chi connectivity index (χ2v) is 6.17. The Bertz CT molecular complexity index is 670. The summed E-state index contributed by atoms with van der Waals surface area (Å²) in [5.74, 6) is 0.541. The summed E-state index contributed by atoms with van der Waals surface area (Å²) in [5.41, 5.74) is 1.79. The first-order valence-corrected chi connectivity index (χ1v) is 7.00. The summed E-state index contributed by atoms with van der Waals surface area (Å²) < 4.78 is 0.771. The summed E-state index contributed by atoms with van der Waals surface area (Å²) in [5, 5.41) is 12.7. The van der Waals surface area contributed by atoms with Crippen LogP contribution in [0.2, 0.25) is 0 Å². The molecule has 0 unspecified atom stereocenters. The molecule has 2 aliphatic rings. The van der Waals surface area contributed by atoms with Gasteiger partial charge in [-0.05, 0) is 30.7 Å². The number of thiocarbonyl (C=S) groups is 1. The Hall–Kier alpha value is -1.67. The van der Waals surface area contributed by atoms with Gasteiger partial charge in [0.25, 0.3) is 0 Å². The summed E-state index contributed by atoms with van der Waals surface area (Å²) in [6.07, 6.45) is 5.06. The van der Waals surface area contributed by atoms with Gasteiger partial charge in [0.1, 0.15) is 27.7 Å². The highest BCUT2D eigenvalue weighted by molar-refractivity contribution is 8.23. The van der Waals surface area contributed by atoms with Gasteiger partial charge in [0, 0.05) is 5.56 Å². The Labute approximate surface area is 118 Å². The molecule has 0 bridgehead atoms. The smallest absolute Gasteiger partial charge is 0.183 e. The fourth-order valence-corrected chi connectivity index (χ4v) is 3.47. The van der Waals surface area contributed by atoms with Gasteiger partial charge in [0.05, 0.1) is 5.54 Å². The van der Waals surface area contributed by atoms with Crippen LogP contribution >= 0.6 is 24.0 Å². The standard InChI is InChI=1S/C11H8N6S2/c18-10-15-11(1-2-11)6-3-7(16-17-9(6)19-10)8-13-4-12-5-14-8/h3-5H,1-2H2,(H,15,18). The molecule has 6 nitrogen and oxygen atoms in total. The second-order valence-electron chi connectivity index (χ2n) is 4.51. The fourth-order valence-electron chi connectivity index (χ4n) is 2.17. The third-order valence-corrected chi connectivity index (χ3v) is 4.41. The molecule has 0 radical (unpaired) electrons. The molecule has 0 atom stereocenters. The average molecular weight is 288 g/mol. The quantitative estimate of drug-likeness (QED) is 0.787. The molecule has 0 saturated heterocycles. The van der Waals surface area contributed by atoms with Crippen LogP contribution in [-0.4, -0.2) is 29.5 Å². The Balaban J connectivity index is 1.84. The van der Waals surface area contributed by atoms with Gasteiger partial charge in [-0.15, -0.1) is 10.2 Å². The average Bonchev–Trinajstić information content (AvgIpc) is 3.19. The minimum absolute atomic E-state index is 0.0324. The lowest BCUT2D eigenvalue weighted by Crippen LogP contribution is -2.36. The minimum Gasteiger partial charge on any atom is -0.361 e. The van der Waals surface area contributed by atoms with Gasteiger partial charge in [0.15, 0.2) is 5.82 Å². The molecule has 94 valence electrons. The molecule has 3 heterocycles. The molecule has 2 aromatic rings. The van der Waals surface area contributed by atoms with Crippen LogP contribution in [0.4, 0.5) is 0 Å². The largest absolute Gasteiger partial charge is 0.361 e. The topological polar surface area (TPSA) is 76.5 Å². The number of rotatable bonds is 1. The van der Waals surface area contributed by atoms with E-state index in [0.717, 1.165) is 27.8 Å². The molecule has 19 heavy (non-hydrogen) atoms. The van der Waals surface area contributed by atoms with Gasteiger partial charge in [-0.3, -0.25) is 0 Å². The number of aromatic nitrogens is 5. The third kappa shape index (κ3) is 1.79. The molecule has 8 heteroatoms. The van der Waals surface area contributed by atoms with Gasteiger partial charge in [-0.2, -0.15) is 0 Å². The Morgan fingerprint density at radius 2 is 2.00 bits per heavy atom. The molecule has 2 aromatic heterocycles. The van der Waals surface area contributed by atoms with Gasteiger partial charge >= 0.3 is 0 Å². The lowest BCUT2D eigenvalue weighted by molar-refractivity contribution is 0.619. The normalized spacial score (nSPS) is 18.8. The van der Waals surface area contributed by atoms with Crippen LogP contribution < -0.4 is 5.32 Å². The van der Waals surface area contributed by atoms with E-state index in [1.165, 1.54) is 24.4 Å². The second kappa shape index (κ2) is 3.91. The zero-order chi connectivity index (χ0) is 12.9. The van der Waals surface area contributed by atoms with Crippen molar-refractivity contribution in [3.05, 3.63) is 24.3 Å². The Kier molecular flexibility index (Phi) is 2.30. The molecule has 1 aliphatic carbocycles. The zero-order valence-electron chi connectivity index (χ0n) is 9.70. The third-order valence-electron chi connectivity index (χ3n) is 3.28. The first kappa shape index (κ1) is 11.2. The van der Waals surface area contributed by atoms with Crippen LogP contribution in [0, 0.1) is 0 Å². The SMILES string of the molecule is S=C1NC2(CC2)c2cc(-c3ncncn3)nnc2S1. The van der Waals surface area contributed by atoms with E-state index < -0.39 is 0 Å². The zero-order valence-corrected chi connectivity index (χ0v) is 11.3. The van der Waals surface area contributed by atoms with Crippen LogP contribution in [0.25, 0.3) is 11.5 Å². The number of hydrogen-bond donors (Lipinski definition) is 1. The maximum absolute atomic E-state index is 5.25. The first-order valence-electron chi connectivity index (χ1n) is 5.77. The predicted molar refractivity (Wildman–Crippen MR) is 73.4 cm³/mol. The van der Waals surface area contributed by atoms with E-state index in [0.29, 0.717) is 11.5 Å². The summed E-state index contributed by atoms with van der Waals surface area (Å²) in [4.78, 5) is 12.0. The van der Waals surface area contributed by atoms with Crippen LogP contribution in [0.1, 0.15) is 18.4 Å². The van der Waals surface area contributed by atoms with Gasteiger partial charge in [0.2, 0.25) is 0 Å². The van der Waals surface area contributed by atoms with Crippen molar-refractivity contribution in [3.8, 4) is 11.5 Å². The van der Waals surface area contributed by atoms with Crippen molar-refractivity contribution in [2.75, 3.05) is 0 Å². The highest BCUT2D eigenvalue weighted by Gasteiger charge is 2.49. The minimum atomic E-state index is -0.0324. The van der Waals surface area contributed by atoms with E-state index in [4.69, 9.17) is 12.2 Å². The summed E-state index contributed by atoms with van der Waals surface area (Å²) >= 11 is 6.70. The number of hydrogen-bond acceptors (Lipinski definition) is 7. The molecule has 0 aromatic carbocycles. The molecule has 1 aliphatic heterocycles. The first-order chi connectivity index (χ1) is 9.27. The van der Waals surface area contributed by atoms with Gasteiger partial charge < -0.3 is 5.32 Å². The van der Waals surface area contributed by atoms with Crippen molar-refractivity contribution < 1.29 is 0 Å². The van der Waals surface area contributed by atoms with Gasteiger partial charge in [-0.1, -0.05) is 12.2 Å². The molecular weight excluding hydrogens is 280 g/mol. The van der Waals surface area contributed by atoms with E-state index in [-0.39, 0.29) is 5.54 Å². The molecule has 1 saturated carbocycles. The van der Waals surface area contributed by atoms with E-state index >= 15 is 0 Å². The Morgan fingerprint density at radius 3 is 2.74 bits per heavy atom. The maximum atomic E-state index is 5.25. The number of fused-ring (bicyclic) bond motifs is 2. The number of thioether (sulfide) groups is 1. The van der Waals surface area contributed by atoms with E-state index in [2.05, 4.69) is 30.5 Å². The highest BCUT2D eigenvalue weighted by Crippen LogP contribution is 2.51. The van der Waals surface area contributed by atoms with Crippen LogP contribution in [0.3, 0.4) is 0 Å². The highest BCUT2D eigenvalue weighted by atomic mass is 32.2. The predicted octanol–water partition coefficient (Wildman–Crippen LogP) is 1.30. The molecule has 1 spiro atoms. The van der Waals surface area contributed by atoms with Gasteiger partial charge in [-0.25, -0.2) is 15.0 Å². The molecule has 1 fully saturated rings. The van der Waals surface area contributed by atoms with Crippen molar-refractivity contribution in [1.29, 1.82) is 0 Å². The van der Waals surface area contributed by atoms with Crippen molar-refractivity contribution in [3.63, 3.8) is 0 Å². The Morgan fingerprint density at radius 1 is 1.21 bits per heavy atom. The maximum Gasteiger partial charge on any atom is 0.183 e. The molecule has 4 rings (SSSR count). The van der Waals surface area contributed by atoms with Crippen molar-refractivity contribution in [2.45, 2.75) is 23.4 Å². The molecule has 0 amide bonds. The van der Waals surface area contributed by atoms with Crippen molar-refractivity contribution in [2.24, 2.45) is 0 Å². The summed E-state index contributed by atoms with van der Waals surface area (Å²) in [6, 6.07) is 2.01. The number of nitrogens with one attached hydrogen (secondary N) is 1. The summed E-state index contributed by atoms with van der Waals surface area (Å²) in [7, 11) is 0. The van der Waals surface area contributed by atoms with Crippen molar-refractivity contribution >= 4 is 28.3 Å². The lowest BCUT2D eigenvalue weighted by atomic mass is 10.1. The van der Waals surface area contributed by atoms with Crippen LogP contribution in [0.5, 0.6) is 0 Å². The monoisotopic (exact) mass is 288 g/mol. The fraction of sp³-hybridized carbons (Fsp3) is 0.273. The van der Waals surface area contributed by atoms with Crippen LogP contribution in [-0.2, 0) is 5.54 Å². The lowest BCUT2D eigenvalue weighted by Gasteiger charge is -2.26. The van der Waals surface area contributed by atoms with E-state index in [1.807, 2.05) is 6.07 Å². The van der Waals surface area contributed by atoms with Crippen molar-refractivity contribution in [1.82, 2.24) is 30.5 Å². The van der Waals surface area contributed by atoms with Crippen LogP contribution in [0.15, 0.2) is 23.7 Å². The molecule has 1 N–H and O–H groups in total. The molecular formula is C11H8N6S2. The van der Waals surface area contributed by atoms with E-state index in [9.17, 15) is 0 Å².